The van der Waals surface area contributed by atoms with Crippen LogP contribution in [0.25, 0.3) is 0 Å². The number of pyridine rings is 1. The van der Waals surface area contributed by atoms with E-state index in [-0.39, 0.29) is 24.9 Å². The fourth-order valence-electron chi connectivity index (χ4n) is 2.15. The van der Waals surface area contributed by atoms with Crippen LogP contribution in [0.5, 0.6) is 11.6 Å². The lowest BCUT2D eigenvalue weighted by Gasteiger charge is -2.26. The average Bonchev–Trinajstić information content (AvgIpc) is 2.56. The number of amides is 1. The van der Waals surface area contributed by atoms with Crippen LogP contribution in [0.4, 0.5) is 0 Å². The molecule has 1 N–H and O–H groups in total. The average molecular weight is 328 g/mol. The topological polar surface area (TPSA) is 79.7 Å². The maximum absolute atomic E-state index is 12.5. The molecule has 0 saturated heterocycles. The third kappa shape index (κ3) is 4.81. The van der Waals surface area contributed by atoms with E-state index in [1.165, 1.54) is 11.1 Å². The van der Waals surface area contributed by atoms with E-state index in [1.54, 1.807) is 12.1 Å². The van der Waals surface area contributed by atoms with Crippen molar-refractivity contribution in [3.63, 3.8) is 0 Å². The maximum atomic E-state index is 12.5. The second-order valence-corrected chi connectivity index (χ2v) is 5.54. The van der Waals surface area contributed by atoms with E-state index in [1.807, 2.05) is 44.2 Å². The Morgan fingerprint density at radius 1 is 1.17 bits per heavy atom. The van der Waals surface area contributed by atoms with Crippen molar-refractivity contribution in [1.82, 2.24) is 9.88 Å². The van der Waals surface area contributed by atoms with Crippen molar-refractivity contribution in [2.24, 2.45) is 0 Å². The minimum absolute atomic E-state index is 0.0907. The molecule has 0 radical (unpaired) electrons. The van der Waals surface area contributed by atoms with Crippen LogP contribution in [0.15, 0.2) is 48.7 Å². The van der Waals surface area contributed by atoms with Crippen molar-refractivity contribution in [1.29, 1.82) is 0 Å². The van der Waals surface area contributed by atoms with Gasteiger partial charge >= 0.3 is 5.97 Å². The molecule has 2 aromatic rings. The van der Waals surface area contributed by atoms with Gasteiger partial charge < -0.3 is 14.7 Å². The van der Waals surface area contributed by atoms with Gasteiger partial charge in [-0.25, -0.2) is 4.98 Å². The Hall–Kier alpha value is -2.89. The number of aliphatic carboxylic acids is 1. The van der Waals surface area contributed by atoms with Crippen molar-refractivity contribution in [2.45, 2.75) is 26.3 Å². The number of hydrogen-bond acceptors (Lipinski definition) is 4. The molecule has 1 aromatic heterocycles. The quantitative estimate of drug-likeness (QED) is 0.844. The SMILES string of the molecule is CC(C)N(CCC(=O)O)C(=O)c1ccc(Oc2ccccc2)nc1. The van der Waals surface area contributed by atoms with E-state index in [0.29, 0.717) is 17.2 Å². The lowest BCUT2D eigenvalue weighted by Crippen LogP contribution is -2.38. The molecule has 1 heterocycles. The molecule has 6 nitrogen and oxygen atoms in total. The summed E-state index contributed by atoms with van der Waals surface area (Å²) in [5.74, 6) is -0.128. The van der Waals surface area contributed by atoms with Gasteiger partial charge in [-0.1, -0.05) is 18.2 Å². The highest BCUT2D eigenvalue weighted by atomic mass is 16.5. The van der Waals surface area contributed by atoms with Crippen LogP contribution in [-0.2, 0) is 4.79 Å². The van der Waals surface area contributed by atoms with Crippen molar-refractivity contribution in [3.05, 3.63) is 54.2 Å². The number of aromatic nitrogens is 1. The molecule has 0 aliphatic carbocycles. The fraction of sp³-hybridized carbons (Fsp3) is 0.278. The van der Waals surface area contributed by atoms with E-state index >= 15 is 0 Å². The van der Waals surface area contributed by atoms with E-state index in [9.17, 15) is 9.59 Å². The molecule has 1 aromatic carbocycles. The molecule has 24 heavy (non-hydrogen) atoms. The normalized spacial score (nSPS) is 10.5. The predicted molar refractivity (Wildman–Crippen MR) is 89.2 cm³/mol. The lowest BCUT2D eigenvalue weighted by molar-refractivity contribution is -0.137. The number of rotatable bonds is 7. The summed E-state index contributed by atoms with van der Waals surface area (Å²) < 4.78 is 5.59. The van der Waals surface area contributed by atoms with Gasteiger partial charge in [0.2, 0.25) is 5.88 Å². The molecular formula is C18H20N2O4. The molecule has 0 spiro atoms. The van der Waals surface area contributed by atoms with Gasteiger partial charge in [0, 0.05) is 24.8 Å². The summed E-state index contributed by atoms with van der Waals surface area (Å²) in [4.78, 5) is 28.9. The second kappa shape index (κ2) is 8.10. The second-order valence-electron chi connectivity index (χ2n) is 5.54. The van der Waals surface area contributed by atoms with E-state index in [0.717, 1.165) is 0 Å². The molecular weight excluding hydrogens is 308 g/mol. The first-order valence-electron chi connectivity index (χ1n) is 7.69. The Morgan fingerprint density at radius 3 is 2.42 bits per heavy atom. The summed E-state index contributed by atoms with van der Waals surface area (Å²) in [6.07, 6.45) is 1.35. The van der Waals surface area contributed by atoms with Crippen LogP contribution in [0, 0.1) is 0 Å². The molecule has 0 aliphatic heterocycles. The summed E-state index contributed by atoms with van der Waals surface area (Å²) in [6, 6.07) is 12.4. The van der Waals surface area contributed by atoms with Crippen LogP contribution < -0.4 is 4.74 Å². The van der Waals surface area contributed by atoms with Gasteiger partial charge in [-0.3, -0.25) is 9.59 Å². The van der Waals surface area contributed by atoms with E-state index in [2.05, 4.69) is 4.98 Å². The Kier molecular flexibility index (Phi) is 5.89. The van der Waals surface area contributed by atoms with Gasteiger partial charge in [0.15, 0.2) is 0 Å². The maximum Gasteiger partial charge on any atom is 0.305 e. The molecule has 0 saturated carbocycles. The summed E-state index contributed by atoms with van der Waals surface area (Å²) in [5, 5.41) is 8.81. The third-order valence-corrected chi connectivity index (χ3v) is 3.40. The summed E-state index contributed by atoms with van der Waals surface area (Å²) >= 11 is 0. The molecule has 2 rings (SSSR count). The van der Waals surface area contributed by atoms with Crippen LogP contribution >= 0.6 is 0 Å². The summed E-state index contributed by atoms with van der Waals surface area (Å²) in [7, 11) is 0. The number of benzene rings is 1. The zero-order chi connectivity index (χ0) is 17.5. The molecule has 6 heteroatoms. The monoisotopic (exact) mass is 328 g/mol. The zero-order valence-corrected chi connectivity index (χ0v) is 13.7. The number of carboxylic acids is 1. The van der Waals surface area contributed by atoms with Crippen LogP contribution in [0.1, 0.15) is 30.6 Å². The minimum Gasteiger partial charge on any atom is -0.481 e. The van der Waals surface area contributed by atoms with Crippen molar-refractivity contribution in [3.8, 4) is 11.6 Å². The third-order valence-electron chi connectivity index (χ3n) is 3.40. The first-order valence-corrected chi connectivity index (χ1v) is 7.69. The van der Waals surface area contributed by atoms with Gasteiger partial charge in [0.05, 0.1) is 12.0 Å². The highest BCUT2D eigenvalue weighted by molar-refractivity contribution is 5.94. The van der Waals surface area contributed by atoms with Crippen LogP contribution in [0.2, 0.25) is 0 Å². The van der Waals surface area contributed by atoms with Gasteiger partial charge in [-0.2, -0.15) is 0 Å². The minimum atomic E-state index is -0.932. The van der Waals surface area contributed by atoms with Crippen LogP contribution in [-0.4, -0.2) is 39.5 Å². The van der Waals surface area contributed by atoms with E-state index < -0.39 is 5.97 Å². The smallest absolute Gasteiger partial charge is 0.305 e. The van der Waals surface area contributed by atoms with Gasteiger partial charge in [-0.05, 0) is 32.0 Å². The van der Waals surface area contributed by atoms with Gasteiger partial charge in [0.1, 0.15) is 5.75 Å². The van der Waals surface area contributed by atoms with Crippen molar-refractivity contribution < 1.29 is 19.4 Å². The van der Waals surface area contributed by atoms with Gasteiger partial charge in [0.25, 0.3) is 5.91 Å². The zero-order valence-electron chi connectivity index (χ0n) is 13.7. The summed E-state index contributed by atoms with van der Waals surface area (Å²) in [5.41, 5.74) is 0.398. The molecule has 0 atom stereocenters. The highest BCUT2D eigenvalue weighted by Gasteiger charge is 2.20. The molecule has 1 amide bonds. The van der Waals surface area contributed by atoms with Crippen molar-refractivity contribution >= 4 is 11.9 Å². The predicted octanol–water partition coefficient (Wildman–Crippen LogP) is 3.20. The molecule has 0 unspecified atom stereocenters. The number of hydrogen-bond donors (Lipinski definition) is 1. The van der Waals surface area contributed by atoms with Crippen molar-refractivity contribution in [2.75, 3.05) is 6.54 Å². The fourth-order valence-corrected chi connectivity index (χ4v) is 2.15. The van der Waals surface area contributed by atoms with Gasteiger partial charge in [-0.15, -0.1) is 0 Å². The Balaban J connectivity index is 2.07. The summed E-state index contributed by atoms with van der Waals surface area (Å²) in [6.45, 7) is 3.86. The van der Waals surface area contributed by atoms with Crippen LogP contribution in [0.3, 0.4) is 0 Å². The number of carbonyl (C=O) groups excluding carboxylic acids is 1. The molecule has 126 valence electrons. The Bertz CT molecular complexity index is 684. The Labute approximate surface area is 140 Å². The molecule has 0 aliphatic rings. The molecule has 0 bridgehead atoms. The Morgan fingerprint density at radius 2 is 1.88 bits per heavy atom. The standard InChI is InChI=1S/C18H20N2O4/c1-13(2)20(11-10-17(21)22)18(23)14-8-9-16(19-12-14)24-15-6-4-3-5-7-15/h3-9,12-13H,10-11H2,1-2H3,(H,21,22). The largest absolute Gasteiger partial charge is 0.481 e. The van der Waals surface area contributed by atoms with E-state index in [4.69, 9.17) is 9.84 Å². The number of para-hydroxylation sites is 1. The molecule has 0 fully saturated rings. The highest BCUT2D eigenvalue weighted by Crippen LogP contribution is 2.19. The first-order chi connectivity index (χ1) is 11.5. The number of carboxylic acid groups (broad SMARTS) is 1. The first kappa shape index (κ1) is 17.5. The number of nitrogens with zero attached hydrogens (tertiary/aromatic N) is 2. The number of ether oxygens (including phenoxy) is 1. The lowest BCUT2D eigenvalue weighted by atomic mass is 10.2. The number of carbonyl (C=O) groups is 2.